The van der Waals surface area contributed by atoms with Crippen molar-refractivity contribution in [1.29, 1.82) is 0 Å². The molecule has 6 nitrogen and oxygen atoms in total. The minimum atomic E-state index is -2.81. The Bertz CT molecular complexity index is 661. The van der Waals surface area contributed by atoms with Crippen molar-refractivity contribution in [3.8, 4) is 0 Å². The minimum absolute atomic E-state index is 0.0117. The molecule has 0 bridgehead atoms. The van der Waals surface area contributed by atoms with Crippen LogP contribution in [0.15, 0.2) is 30.3 Å². The Hall–Kier alpha value is -1.11. The third-order valence-electron chi connectivity index (χ3n) is 4.00. The number of nitrogens with zero attached hydrogens (tertiary/aromatic N) is 1. The van der Waals surface area contributed by atoms with Gasteiger partial charge in [-0.05, 0) is 25.3 Å². The lowest BCUT2D eigenvalue weighted by molar-refractivity contribution is -0.143. The van der Waals surface area contributed by atoms with Gasteiger partial charge < -0.3 is 9.47 Å². The predicted octanol–water partition coefficient (Wildman–Crippen LogP) is 6.41. The molecule has 30 heavy (non-hydrogen) atoms. The molecule has 1 rings (SSSR count). The molecule has 0 unspecified atom stereocenters. The summed E-state index contributed by atoms with van der Waals surface area (Å²) in [6.45, 7) is 5.93. The maximum atomic E-state index is 13.6. The average molecular weight is 476 g/mol. The zero-order valence-corrected chi connectivity index (χ0v) is 20.7. The highest BCUT2D eigenvalue weighted by atomic mass is 33.1. The largest absolute Gasteiger partial charge is 0.465 e. The molecule has 0 fully saturated rings. The van der Waals surface area contributed by atoms with Crippen molar-refractivity contribution in [3.63, 3.8) is 0 Å². The summed E-state index contributed by atoms with van der Waals surface area (Å²) in [4.78, 5) is 26.0. The van der Waals surface area contributed by atoms with E-state index in [-0.39, 0.29) is 26.0 Å². The van der Waals surface area contributed by atoms with Crippen LogP contribution in [0.2, 0.25) is 0 Å². The third-order valence-corrected chi connectivity index (χ3v) is 12.5. The van der Waals surface area contributed by atoms with Crippen LogP contribution >= 0.6 is 28.3 Å². The molecular formula is C21H34NO5PS2. The van der Waals surface area contributed by atoms with Crippen molar-refractivity contribution in [2.75, 3.05) is 30.9 Å². The van der Waals surface area contributed by atoms with Crippen LogP contribution in [0.3, 0.4) is 0 Å². The maximum absolute atomic E-state index is 13.6. The fourth-order valence-corrected chi connectivity index (χ4v) is 10.6. The quantitative estimate of drug-likeness (QED) is 0.165. The Morgan fingerprint density at radius 1 is 0.967 bits per heavy atom. The molecule has 170 valence electrons. The third kappa shape index (κ3) is 11.3. The summed E-state index contributed by atoms with van der Waals surface area (Å²) in [5.74, 6) is 0.996. The van der Waals surface area contributed by atoms with Crippen LogP contribution in [-0.4, -0.2) is 47.9 Å². The first-order valence-electron chi connectivity index (χ1n) is 10.4. The van der Waals surface area contributed by atoms with E-state index in [1.165, 1.54) is 27.7 Å². The number of unbranched alkanes of at least 4 members (excludes halogenated alkanes) is 2. The highest BCUT2D eigenvalue weighted by Gasteiger charge is 2.31. The Morgan fingerprint density at radius 3 is 2.10 bits per heavy atom. The smallest absolute Gasteiger partial charge is 0.411 e. The number of carbonyl (C=O) groups is 2. The van der Waals surface area contributed by atoms with E-state index in [9.17, 15) is 14.2 Å². The SMILES string of the molecule is CCCCSP(=O)(CN(CC(=O)OCC)C(=O)OCc1ccccc1)SCCCC. The average Bonchev–Trinajstić information content (AvgIpc) is 2.73. The van der Waals surface area contributed by atoms with Gasteiger partial charge in [0.05, 0.1) is 12.9 Å². The van der Waals surface area contributed by atoms with Crippen molar-refractivity contribution in [1.82, 2.24) is 4.90 Å². The van der Waals surface area contributed by atoms with Gasteiger partial charge in [-0.15, -0.1) is 0 Å². The molecule has 0 atom stereocenters. The molecule has 0 radical (unpaired) electrons. The summed E-state index contributed by atoms with van der Waals surface area (Å²) in [5, 5.41) is 0. The van der Waals surface area contributed by atoms with Crippen LogP contribution in [-0.2, 0) is 25.4 Å². The normalized spacial score (nSPS) is 11.2. The minimum Gasteiger partial charge on any atom is -0.465 e. The standard InChI is InChI=1S/C21H34NO5PS2/c1-4-7-14-29-28(25,30-15-8-5-2)18-22(16-20(23)26-6-3)21(24)27-17-19-12-10-9-11-13-19/h9-13H,4-8,14-18H2,1-3H3. The Kier molecular flexibility index (Phi) is 14.1. The van der Waals surface area contributed by atoms with Gasteiger partial charge in [0, 0.05) is 11.5 Å². The number of hydrogen-bond donors (Lipinski definition) is 0. The van der Waals surface area contributed by atoms with Gasteiger partial charge in [-0.25, -0.2) is 4.79 Å². The zero-order chi connectivity index (χ0) is 22.2. The number of rotatable bonds is 15. The van der Waals surface area contributed by atoms with Gasteiger partial charge in [-0.2, -0.15) is 0 Å². The van der Waals surface area contributed by atoms with Gasteiger partial charge in [0.25, 0.3) is 0 Å². The van der Waals surface area contributed by atoms with Gasteiger partial charge in [0.1, 0.15) is 13.2 Å². The molecule has 1 aromatic rings. The van der Waals surface area contributed by atoms with Crippen molar-refractivity contribution in [2.24, 2.45) is 0 Å². The van der Waals surface area contributed by atoms with Gasteiger partial charge in [0.2, 0.25) is 5.55 Å². The van der Waals surface area contributed by atoms with E-state index >= 15 is 0 Å². The molecule has 0 spiro atoms. The Morgan fingerprint density at radius 2 is 1.57 bits per heavy atom. The van der Waals surface area contributed by atoms with E-state index in [0.717, 1.165) is 42.8 Å². The molecule has 1 amide bonds. The van der Waals surface area contributed by atoms with Crippen LogP contribution in [0.5, 0.6) is 0 Å². The van der Waals surface area contributed by atoms with E-state index < -0.39 is 17.6 Å². The molecule has 9 heteroatoms. The molecule has 0 saturated heterocycles. The molecular weight excluding hydrogens is 441 g/mol. The number of amides is 1. The van der Waals surface area contributed by atoms with Crippen molar-refractivity contribution < 1.29 is 23.6 Å². The predicted molar refractivity (Wildman–Crippen MR) is 127 cm³/mol. The molecule has 0 N–H and O–H groups in total. The maximum Gasteiger partial charge on any atom is 0.411 e. The van der Waals surface area contributed by atoms with Gasteiger partial charge in [-0.1, -0.05) is 79.8 Å². The lowest BCUT2D eigenvalue weighted by atomic mass is 10.2. The second-order valence-corrected chi connectivity index (χ2v) is 15.3. The Labute approximate surface area is 188 Å². The summed E-state index contributed by atoms with van der Waals surface area (Å²) in [6.07, 6.45) is 3.27. The van der Waals surface area contributed by atoms with Crippen molar-refractivity contribution >= 4 is 40.4 Å². The topological polar surface area (TPSA) is 72.9 Å². The van der Waals surface area contributed by atoms with Gasteiger partial charge in [0.15, 0.2) is 0 Å². The lowest BCUT2D eigenvalue weighted by Gasteiger charge is -2.26. The van der Waals surface area contributed by atoms with Crippen molar-refractivity contribution in [3.05, 3.63) is 35.9 Å². The fourth-order valence-electron chi connectivity index (χ4n) is 2.37. The van der Waals surface area contributed by atoms with Crippen LogP contribution < -0.4 is 0 Å². The second kappa shape index (κ2) is 15.7. The van der Waals surface area contributed by atoms with Crippen LogP contribution in [0.25, 0.3) is 0 Å². The van der Waals surface area contributed by atoms with Crippen molar-refractivity contribution in [2.45, 2.75) is 53.1 Å². The molecule has 1 aromatic carbocycles. The highest BCUT2D eigenvalue weighted by molar-refractivity contribution is 8.90. The van der Waals surface area contributed by atoms with Crippen LogP contribution in [0.4, 0.5) is 4.79 Å². The molecule has 0 aliphatic heterocycles. The van der Waals surface area contributed by atoms with E-state index in [1.807, 2.05) is 30.3 Å². The van der Waals surface area contributed by atoms with Crippen LogP contribution in [0.1, 0.15) is 52.0 Å². The summed E-state index contributed by atoms with van der Waals surface area (Å²) in [6, 6.07) is 9.32. The molecule has 0 saturated carbocycles. The number of hydrogen-bond acceptors (Lipinski definition) is 7. The van der Waals surface area contributed by atoms with Gasteiger partial charge >= 0.3 is 12.1 Å². The van der Waals surface area contributed by atoms with E-state index in [1.54, 1.807) is 6.92 Å². The first-order valence-corrected chi connectivity index (χ1v) is 15.5. The molecule has 0 aliphatic carbocycles. The summed E-state index contributed by atoms with van der Waals surface area (Å²) < 4.78 is 24.0. The number of esters is 1. The van der Waals surface area contributed by atoms with E-state index in [2.05, 4.69) is 13.8 Å². The summed E-state index contributed by atoms with van der Waals surface area (Å²) in [7, 11) is 0. The zero-order valence-electron chi connectivity index (χ0n) is 18.2. The highest BCUT2D eigenvalue weighted by Crippen LogP contribution is 2.69. The number of benzene rings is 1. The lowest BCUT2D eigenvalue weighted by Crippen LogP contribution is -2.37. The number of carbonyl (C=O) groups excluding carboxylic acids is 2. The number of ether oxygens (including phenoxy) is 2. The fraction of sp³-hybridized carbons (Fsp3) is 0.619. The van der Waals surface area contributed by atoms with E-state index in [0.29, 0.717) is 0 Å². The molecule has 0 aliphatic rings. The summed E-state index contributed by atoms with van der Waals surface area (Å²) in [5.41, 5.74) is -1.96. The summed E-state index contributed by atoms with van der Waals surface area (Å²) >= 11 is 2.83. The monoisotopic (exact) mass is 475 g/mol. The van der Waals surface area contributed by atoms with Crippen LogP contribution in [0, 0.1) is 0 Å². The van der Waals surface area contributed by atoms with E-state index in [4.69, 9.17) is 9.47 Å². The Balaban J connectivity index is 2.88. The first kappa shape index (κ1) is 26.9. The van der Waals surface area contributed by atoms with Gasteiger partial charge in [-0.3, -0.25) is 14.3 Å². The second-order valence-electron chi connectivity index (χ2n) is 6.67. The first-order chi connectivity index (χ1) is 14.4. The molecule has 0 aromatic heterocycles. The molecule has 0 heterocycles.